The third kappa shape index (κ3) is 2.98. The third-order valence-corrected chi connectivity index (χ3v) is 2.96. The topological polar surface area (TPSA) is 67.8 Å². The molecule has 0 radical (unpaired) electrons. The van der Waals surface area contributed by atoms with Crippen molar-refractivity contribution in [1.82, 2.24) is 0 Å². The van der Waals surface area contributed by atoms with E-state index in [1.165, 1.54) is 0 Å². The Labute approximate surface area is 116 Å². The van der Waals surface area contributed by atoms with Gasteiger partial charge in [-0.15, -0.1) is 0 Å². The molecule has 0 spiro atoms. The number of amidine groups is 1. The van der Waals surface area contributed by atoms with Gasteiger partial charge in [-0.25, -0.2) is 0 Å². The van der Waals surface area contributed by atoms with Crippen LogP contribution in [0.5, 0.6) is 11.5 Å². The molecule has 0 atom stereocenters. The van der Waals surface area contributed by atoms with Crippen LogP contribution in [0.4, 0.5) is 0 Å². The maximum Gasteiger partial charge on any atom is 0.171 e. The Morgan fingerprint density at radius 2 is 2.00 bits per heavy atom. The lowest BCUT2D eigenvalue weighted by molar-refractivity contribution is 0.318. The summed E-state index contributed by atoms with van der Waals surface area (Å²) in [6.45, 7) is 1.96. The predicted molar refractivity (Wildman–Crippen MR) is 75.2 cm³/mol. The molecule has 0 amide bonds. The van der Waals surface area contributed by atoms with Gasteiger partial charge in [-0.1, -0.05) is 35.0 Å². The van der Waals surface area contributed by atoms with E-state index in [2.05, 4.69) is 5.16 Å². The zero-order valence-electron chi connectivity index (χ0n) is 10.3. The number of hydrogen-bond acceptors (Lipinski definition) is 3. The fraction of sp³-hybridized carbons (Fsp3) is 0.0714. The number of oxime groups is 1. The Morgan fingerprint density at radius 3 is 2.63 bits per heavy atom. The molecule has 19 heavy (non-hydrogen) atoms. The number of hydrogen-bond donors (Lipinski definition) is 2. The monoisotopic (exact) mass is 276 g/mol. The summed E-state index contributed by atoms with van der Waals surface area (Å²) in [5.74, 6) is 1.32. The Bertz CT molecular complexity index is 627. The number of ether oxygens (including phenoxy) is 1. The smallest absolute Gasteiger partial charge is 0.171 e. The van der Waals surface area contributed by atoms with Gasteiger partial charge in [0.2, 0.25) is 0 Å². The van der Waals surface area contributed by atoms with Crippen LogP contribution in [-0.4, -0.2) is 11.0 Å². The summed E-state index contributed by atoms with van der Waals surface area (Å²) in [5, 5.41) is 11.9. The number of nitrogens with zero attached hydrogens (tertiary/aromatic N) is 1. The molecule has 0 aromatic heterocycles. The molecule has 0 unspecified atom stereocenters. The maximum atomic E-state index is 8.63. The van der Waals surface area contributed by atoms with Crippen molar-refractivity contribution < 1.29 is 9.94 Å². The molecule has 0 saturated carbocycles. The highest BCUT2D eigenvalue weighted by molar-refractivity contribution is 6.34. The Morgan fingerprint density at radius 1 is 1.26 bits per heavy atom. The molecule has 0 fully saturated rings. The van der Waals surface area contributed by atoms with Crippen molar-refractivity contribution in [1.29, 1.82) is 0 Å². The normalized spacial score (nSPS) is 11.4. The average Bonchev–Trinajstić information content (AvgIpc) is 2.41. The van der Waals surface area contributed by atoms with Gasteiger partial charge in [0.15, 0.2) is 5.84 Å². The highest BCUT2D eigenvalue weighted by Gasteiger charge is 2.08. The van der Waals surface area contributed by atoms with Crippen LogP contribution in [0.25, 0.3) is 0 Å². The van der Waals surface area contributed by atoms with Crippen molar-refractivity contribution in [3.05, 3.63) is 58.6 Å². The number of aryl methyl sites for hydroxylation is 1. The second-order valence-electron chi connectivity index (χ2n) is 3.99. The Hall–Kier alpha value is -2.20. The number of halogens is 1. The van der Waals surface area contributed by atoms with Crippen molar-refractivity contribution in [3.63, 3.8) is 0 Å². The van der Waals surface area contributed by atoms with Crippen LogP contribution in [0.3, 0.4) is 0 Å². The van der Waals surface area contributed by atoms with Crippen molar-refractivity contribution in [3.8, 4) is 11.5 Å². The van der Waals surface area contributed by atoms with E-state index in [0.717, 1.165) is 11.3 Å². The van der Waals surface area contributed by atoms with Crippen LogP contribution in [0.1, 0.15) is 11.1 Å². The number of rotatable bonds is 3. The van der Waals surface area contributed by atoms with Crippen LogP contribution >= 0.6 is 11.6 Å². The summed E-state index contributed by atoms with van der Waals surface area (Å²) in [7, 11) is 0. The highest BCUT2D eigenvalue weighted by Crippen LogP contribution is 2.28. The highest BCUT2D eigenvalue weighted by atomic mass is 35.5. The quantitative estimate of drug-likeness (QED) is 0.390. The van der Waals surface area contributed by atoms with E-state index < -0.39 is 0 Å². The molecule has 0 aliphatic carbocycles. The first-order chi connectivity index (χ1) is 9.11. The summed E-state index contributed by atoms with van der Waals surface area (Å²) in [5.41, 5.74) is 6.98. The molecular weight excluding hydrogens is 264 g/mol. The van der Waals surface area contributed by atoms with E-state index in [9.17, 15) is 0 Å². The summed E-state index contributed by atoms with van der Waals surface area (Å²) in [6.07, 6.45) is 0. The molecule has 5 heteroatoms. The van der Waals surface area contributed by atoms with Crippen molar-refractivity contribution in [2.75, 3.05) is 0 Å². The van der Waals surface area contributed by atoms with Crippen molar-refractivity contribution in [2.45, 2.75) is 6.92 Å². The van der Waals surface area contributed by atoms with Gasteiger partial charge in [-0.3, -0.25) is 0 Å². The maximum absolute atomic E-state index is 8.63. The minimum atomic E-state index is -0.0348. The Balaban J connectivity index is 2.29. The van der Waals surface area contributed by atoms with Crippen LogP contribution in [0.15, 0.2) is 47.6 Å². The fourth-order valence-corrected chi connectivity index (χ4v) is 1.89. The van der Waals surface area contributed by atoms with Crippen LogP contribution in [0.2, 0.25) is 5.02 Å². The number of para-hydroxylation sites is 1. The minimum Gasteiger partial charge on any atom is -0.457 e. The summed E-state index contributed by atoms with van der Waals surface area (Å²) in [6, 6.07) is 12.7. The van der Waals surface area contributed by atoms with E-state index in [1.807, 2.05) is 31.2 Å². The molecular formula is C14H13ClN2O2. The molecule has 2 aromatic carbocycles. The first-order valence-corrected chi connectivity index (χ1v) is 6.00. The summed E-state index contributed by atoms with van der Waals surface area (Å²) < 4.78 is 5.73. The van der Waals surface area contributed by atoms with Gasteiger partial charge in [-0.05, 0) is 30.7 Å². The van der Waals surface area contributed by atoms with Gasteiger partial charge >= 0.3 is 0 Å². The lowest BCUT2D eigenvalue weighted by Gasteiger charge is -2.10. The molecule has 0 aliphatic rings. The molecule has 0 saturated heterocycles. The molecule has 0 heterocycles. The molecule has 0 bridgehead atoms. The molecule has 0 aliphatic heterocycles. The Kier molecular flexibility index (Phi) is 3.92. The largest absolute Gasteiger partial charge is 0.457 e. The van der Waals surface area contributed by atoms with E-state index in [1.54, 1.807) is 18.2 Å². The zero-order chi connectivity index (χ0) is 13.8. The van der Waals surface area contributed by atoms with E-state index in [4.69, 9.17) is 27.3 Å². The van der Waals surface area contributed by atoms with E-state index in [0.29, 0.717) is 16.3 Å². The van der Waals surface area contributed by atoms with E-state index >= 15 is 0 Å². The van der Waals surface area contributed by atoms with E-state index in [-0.39, 0.29) is 5.84 Å². The fourth-order valence-electron chi connectivity index (χ4n) is 1.62. The summed E-state index contributed by atoms with van der Waals surface area (Å²) in [4.78, 5) is 0. The molecule has 3 N–H and O–H groups in total. The number of nitrogens with two attached hydrogens (primary N) is 1. The first kappa shape index (κ1) is 13.2. The van der Waals surface area contributed by atoms with Gasteiger partial charge in [0, 0.05) is 11.6 Å². The number of benzene rings is 2. The van der Waals surface area contributed by atoms with Crippen LogP contribution in [0, 0.1) is 6.92 Å². The van der Waals surface area contributed by atoms with Crippen LogP contribution in [-0.2, 0) is 0 Å². The lowest BCUT2D eigenvalue weighted by Crippen LogP contribution is -2.13. The van der Waals surface area contributed by atoms with Crippen molar-refractivity contribution in [2.24, 2.45) is 10.9 Å². The first-order valence-electron chi connectivity index (χ1n) is 5.62. The van der Waals surface area contributed by atoms with Crippen LogP contribution < -0.4 is 10.5 Å². The van der Waals surface area contributed by atoms with Gasteiger partial charge < -0.3 is 15.7 Å². The standard InChI is InChI=1S/C14H13ClN2O2/c1-9-4-2-3-5-13(9)19-10-6-7-11(12(15)8-10)14(16)17-18/h2-8,18H,1H3,(H2,16,17). The lowest BCUT2D eigenvalue weighted by atomic mass is 10.2. The molecule has 2 rings (SSSR count). The second kappa shape index (κ2) is 5.63. The zero-order valence-corrected chi connectivity index (χ0v) is 11.1. The minimum absolute atomic E-state index is 0.0348. The molecule has 4 nitrogen and oxygen atoms in total. The summed E-state index contributed by atoms with van der Waals surface area (Å²) >= 11 is 6.06. The second-order valence-corrected chi connectivity index (χ2v) is 4.40. The average molecular weight is 277 g/mol. The SMILES string of the molecule is Cc1ccccc1Oc1ccc(C(N)=NO)c(Cl)c1. The van der Waals surface area contributed by atoms with Gasteiger partial charge in [0.25, 0.3) is 0 Å². The van der Waals surface area contributed by atoms with Gasteiger partial charge in [0.05, 0.1) is 5.02 Å². The van der Waals surface area contributed by atoms with Gasteiger partial charge in [-0.2, -0.15) is 0 Å². The van der Waals surface area contributed by atoms with Crippen molar-refractivity contribution >= 4 is 17.4 Å². The molecule has 2 aromatic rings. The van der Waals surface area contributed by atoms with Gasteiger partial charge in [0.1, 0.15) is 11.5 Å². The molecule has 98 valence electrons. The third-order valence-electron chi connectivity index (χ3n) is 2.65. The predicted octanol–water partition coefficient (Wildman–Crippen LogP) is 3.54.